The molecule has 1 atom stereocenters. The molecule has 32 heavy (non-hydrogen) atoms. The first-order chi connectivity index (χ1) is 15.1. The predicted octanol–water partition coefficient (Wildman–Crippen LogP) is 5.70. The summed E-state index contributed by atoms with van der Waals surface area (Å²) in [6, 6.07) is 17.1. The van der Waals surface area contributed by atoms with Crippen LogP contribution >= 0.6 is 34.8 Å². The third-order valence-electron chi connectivity index (χ3n) is 4.42. The zero-order valence-corrected chi connectivity index (χ0v) is 19.9. The van der Waals surface area contributed by atoms with Crippen LogP contribution in [0.5, 0.6) is 5.75 Å². The number of amides is 1. The van der Waals surface area contributed by atoms with Crippen molar-refractivity contribution in [1.29, 1.82) is 0 Å². The minimum Gasteiger partial charge on any atom is -0.482 e. The number of hydrogen-bond donors (Lipinski definition) is 2. The minimum atomic E-state index is -3.87. The van der Waals surface area contributed by atoms with Gasteiger partial charge in [0.1, 0.15) is 5.75 Å². The molecule has 0 aliphatic carbocycles. The van der Waals surface area contributed by atoms with Crippen molar-refractivity contribution in [3.05, 3.63) is 87.4 Å². The number of benzene rings is 3. The van der Waals surface area contributed by atoms with E-state index in [2.05, 4.69) is 10.0 Å². The van der Waals surface area contributed by atoms with Gasteiger partial charge >= 0.3 is 0 Å². The SMILES string of the molecule is CC(NC(=O)COc1ccc(S(=O)(=O)Nc2ccc(Cl)cc2)cc1Cl)c1ccc(Cl)cc1. The second kappa shape index (κ2) is 10.4. The molecule has 3 aromatic carbocycles. The van der Waals surface area contributed by atoms with Crippen LogP contribution in [-0.2, 0) is 14.8 Å². The van der Waals surface area contributed by atoms with Gasteiger partial charge in [0.25, 0.3) is 15.9 Å². The summed E-state index contributed by atoms with van der Waals surface area (Å²) in [5.74, 6) is -0.170. The van der Waals surface area contributed by atoms with E-state index in [0.717, 1.165) is 5.56 Å². The highest BCUT2D eigenvalue weighted by Gasteiger charge is 2.17. The van der Waals surface area contributed by atoms with Gasteiger partial charge in [-0.25, -0.2) is 8.42 Å². The molecular weight excluding hydrogens is 495 g/mol. The van der Waals surface area contributed by atoms with Crippen LogP contribution in [0, 0.1) is 0 Å². The van der Waals surface area contributed by atoms with E-state index in [-0.39, 0.29) is 34.2 Å². The smallest absolute Gasteiger partial charge is 0.261 e. The zero-order chi connectivity index (χ0) is 23.3. The number of halogens is 3. The summed E-state index contributed by atoms with van der Waals surface area (Å²) in [7, 11) is -3.87. The third kappa shape index (κ3) is 6.53. The fourth-order valence-electron chi connectivity index (χ4n) is 2.76. The Balaban J connectivity index is 1.60. The Morgan fingerprint density at radius 2 is 1.53 bits per heavy atom. The molecule has 0 radical (unpaired) electrons. The molecule has 2 N–H and O–H groups in total. The molecule has 0 fully saturated rings. The van der Waals surface area contributed by atoms with Gasteiger partial charge in [-0.05, 0) is 67.1 Å². The second-order valence-corrected chi connectivity index (χ2v) is 9.80. The Hall–Kier alpha value is -2.45. The van der Waals surface area contributed by atoms with Gasteiger partial charge in [0, 0.05) is 15.7 Å². The first-order valence-electron chi connectivity index (χ1n) is 9.39. The van der Waals surface area contributed by atoms with Crippen LogP contribution in [0.2, 0.25) is 15.1 Å². The van der Waals surface area contributed by atoms with Gasteiger partial charge in [-0.15, -0.1) is 0 Å². The number of carbonyl (C=O) groups excluding carboxylic acids is 1. The van der Waals surface area contributed by atoms with Crippen molar-refractivity contribution in [2.24, 2.45) is 0 Å². The van der Waals surface area contributed by atoms with E-state index in [0.29, 0.717) is 15.7 Å². The van der Waals surface area contributed by atoms with Gasteiger partial charge in [-0.3, -0.25) is 9.52 Å². The molecule has 0 bridgehead atoms. The van der Waals surface area contributed by atoms with E-state index in [1.807, 2.05) is 19.1 Å². The number of rotatable bonds is 8. The van der Waals surface area contributed by atoms with Crippen molar-refractivity contribution in [3.8, 4) is 5.75 Å². The molecule has 0 aliphatic rings. The Morgan fingerprint density at radius 3 is 2.12 bits per heavy atom. The van der Waals surface area contributed by atoms with Gasteiger partial charge in [-0.1, -0.05) is 46.9 Å². The lowest BCUT2D eigenvalue weighted by atomic mass is 10.1. The molecule has 168 valence electrons. The van der Waals surface area contributed by atoms with Crippen molar-refractivity contribution >= 4 is 56.4 Å². The Morgan fingerprint density at radius 1 is 0.938 bits per heavy atom. The molecule has 0 aliphatic heterocycles. The van der Waals surface area contributed by atoms with Crippen LogP contribution in [0.1, 0.15) is 18.5 Å². The van der Waals surface area contributed by atoms with Crippen molar-refractivity contribution in [2.75, 3.05) is 11.3 Å². The Kier molecular flexibility index (Phi) is 7.90. The summed E-state index contributed by atoms with van der Waals surface area (Å²) in [5, 5.41) is 3.96. The van der Waals surface area contributed by atoms with Gasteiger partial charge in [0.05, 0.1) is 16.0 Å². The molecule has 0 aromatic heterocycles. The molecule has 3 rings (SSSR count). The maximum absolute atomic E-state index is 12.6. The molecule has 0 spiro atoms. The minimum absolute atomic E-state index is 0.0504. The van der Waals surface area contributed by atoms with E-state index in [4.69, 9.17) is 39.5 Å². The third-order valence-corrected chi connectivity index (χ3v) is 6.59. The van der Waals surface area contributed by atoms with Crippen LogP contribution in [0.15, 0.2) is 71.6 Å². The van der Waals surface area contributed by atoms with Crippen LogP contribution in [0.3, 0.4) is 0 Å². The molecule has 10 heteroatoms. The van der Waals surface area contributed by atoms with E-state index in [9.17, 15) is 13.2 Å². The molecule has 3 aromatic rings. The molecule has 6 nitrogen and oxygen atoms in total. The fraction of sp³-hybridized carbons (Fsp3) is 0.136. The number of ether oxygens (including phenoxy) is 1. The van der Waals surface area contributed by atoms with Crippen molar-refractivity contribution in [2.45, 2.75) is 17.9 Å². The normalized spacial score (nSPS) is 12.1. The molecule has 1 amide bonds. The summed E-state index contributed by atoms with van der Waals surface area (Å²) >= 11 is 17.9. The highest BCUT2D eigenvalue weighted by atomic mass is 35.5. The van der Waals surface area contributed by atoms with Gasteiger partial charge < -0.3 is 10.1 Å². The second-order valence-electron chi connectivity index (χ2n) is 6.83. The van der Waals surface area contributed by atoms with E-state index < -0.39 is 10.0 Å². The molecule has 0 heterocycles. The van der Waals surface area contributed by atoms with Crippen molar-refractivity contribution in [3.63, 3.8) is 0 Å². The monoisotopic (exact) mass is 512 g/mol. The lowest BCUT2D eigenvalue weighted by Gasteiger charge is -2.15. The number of carbonyl (C=O) groups is 1. The summed E-state index contributed by atoms with van der Waals surface area (Å²) in [6.07, 6.45) is 0. The van der Waals surface area contributed by atoms with Crippen LogP contribution < -0.4 is 14.8 Å². The summed E-state index contributed by atoms with van der Waals surface area (Å²) in [5.41, 5.74) is 1.25. The van der Waals surface area contributed by atoms with E-state index >= 15 is 0 Å². The number of hydrogen-bond acceptors (Lipinski definition) is 4. The molecular formula is C22H19Cl3N2O4S. The summed E-state index contributed by atoms with van der Waals surface area (Å²) in [6.45, 7) is 1.55. The van der Waals surface area contributed by atoms with Gasteiger partial charge in [0.2, 0.25) is 0 Å². The van der Waals surface area contributed by atoms with Gasteiger partial charge in [0.15, 0.2) is 6.61 Å². The number of nitrogens with one attached hydrogen (secondary N) is 2. The van der Waals surface area contributed by atoms with Crippen molar-refractivity contribution in [1.82, 2.24) is 5.32 Å². The first-order valence-corrected chi connectivity index (χ1v) is 12.0. The summed E-state index contributed by atoms with van der Waals surface area (Å²) < 4.78 is 33.1. The van der Waals surface area contributed by atoms with Crippen LogP contribution in [-0.4, -0.2) is 20.9 Å². The van der Waals surface area contributed by atoms with Gasteiger partial charge in [-0.2, -0.15) is 0 Å². The largest absolute Gasteiger partial charge is 0.482 e. The lowest BCUT2D eigenvalue weighted by Crippen LogP contribution is -2.31. The Bertz CT molecular complexity index is 1200. The number of anilines is 1. The van der Waals surface area contributed by atoms with Crippen LogP contribution in [0.25, 0.3) is 0 Å². The molecule has 0 saturated carbocycles. The average molecular weight is 514 g/mol. The average Bonchev–Trinajstić information content (AvgIpc) is 2.74. The maximum Gasteiger partial charge on any atom is 0.261 e. The Labute approximate surface area is 201 Å². The fourth-order valence-corrected chi connectivity index (χ4v) is 4.40. The predicted molar refractivity (Wildman–Crippen MR) is 127 cm³/mol. The number of sulfonamides is 1. The highest BCUT2D eigenvalue weighted by Crippen LogP contribution is 2.28. The zero-order valence-electron chi connectivity index (χ0n) is 16.8. The first kappa shape index (κ1) is 24.2. The molecule has 0 saturated heterocycles. The quantitative estimate of drug-likeness (QED) is 0.404. The van der Waals surface area contributed by atoms with Crippen molar-refractivity contribution < 1.29 is 17.9 Å². The topological polar surface area (TPSA) is 84.5 Å². The van der Waals surface area contributed by atoms with E-state index in [1.165, 1.54) is 18.2 Å². The van der Waals surface area contributed by atoms with E-state index in [1.54, 1.807) is 36.4 Å². The summed E-state index contributed by atoms with van der Waals surface area (Å²) in [4.78, 5) is 12.2. The maximum atomic E-state index is 12.6. The lowest BCUT2D eigenvalue weighted by molar-refractivity contribution is -0.123. The highest BCUT2D eigenvalue weighted by molar-refractivity contribution is 7.92. The standard InChI is InChI=1S/C22H19Cl3N2O4S/c1-14(15-2-4-16(23)5-3-15)26-22(28)13-31-21-11-10-19(12-20(21)25)32(29,30)27-18-8-6-17(24)7-9-18/h2-12,14,27H,13H2,1H3,(H,26,28). The van der Waals surface area contributed by atoms with Crippen LogP contribution in [0.4, 0.5) is 5.69 Å². The molecule has 1 unspecified atom stereocenters.